The highest BCUT2D eigenvalue weighted by Crippen LogP contribution is 2.20. The van der Waals surface area contributed by atoms with Crippen LogP contribution in [0.15, 0.2) is 42.5 Å². The zero-order valence-corrected chi connectivity index (χ0v) is 14.4. The van der Waals surface area contributed by atoms with Crippen LogP contribution in [-0.4, -0.2) is 41.4 Å². The molecule has 0 saturated carbocycles. The summed E-state index contributed by atoms with van der Waals surface area (Å²) < 4.78 is 0. The van der Waals surface area contributed by atoms with E-state index >= 15 is 0 Å². The predicted molar refractivity (Wildman–Crippen MR) is 94.5 cm³/mol. The van der Waals surface area contributed by atoms with Gasteiger partial charge in [-0.3, -0.25) is 9.59 Å². The minimum Gasteiger partial charge on any atom is -0.395 e. The maximum absolute atomic E-state index is 13.0. The highest BCUT2D eigenvalue weighted by molar-refractivity contribution is 6.15. The van der Waals surface area contributed by atoms with Gasteiger partial charge in [-0.25, -0.2) is 0 Å². The largest absolute Gasteiger partial charge is 0.395 e. The van der Waals surface area contributed by atoms with Crippen LogP contribution >= 0.6 is 0 Å². The summed E-state index contributed by atoms with van der Waals surface area (Å²) in [6, 6.07) is 12.6. The van der Waals surface area contributed by atoms with Gasteiger partial charge in [0.25, 0.3) is 5.91 Å². The molecule has 0 heterocycles. The molecular weight excluding hydrogens is 302 g/mol. The van der Waals surface area contributed by atoms with Crippen LogP contribution in [0.3, 0.4) is 0 Å². The molecule has 2 aromatic carbocycles. The predicted octanol–water partition coefficient (Wildman–Crippen LogP) is 2.99. The number of rotatable bonds is 6. The molecule has 0 radical (unpaired) electrons. The number of aliphatic hydroxyl groups excluding tert-OH is 1. The first-order valence-corrected chi connectivity index (χ1v) is 8.10. The molecule has 0 saturated heterocycles. The van der Waals surface area contributed by atoms with E-state index in [-0.39, 0.29) is 24.8 Å². The first-order valence-electron chi connectivity index (χ1n) is 8.10. The number of carbonyl (C=O) groups is 2. The summed E-state index contributed by atoms with van der Waals surface area (Å²) in [5.74, 6) is -0.388. The van der Waals surface area contributed by atoms with Gasteiger partial charge < -0.3 is 10.0 Å². The van der Waals surface area contributed by atoms with Crippen LogP contribution < -0.4 is 0 Å². The van der Waals surface area contributed by atoms with Gasteiger partial charge in [0, 0.05) is 24.2 Å². The Balaban J connectivity index is 2.47. The van der Waals surface area contributed by atoms with Crippen LogP contribution in [0.4, 0.5) is 0 Å². The number of hydrogen-bond donors (Lipinski definition) is 1. The van der Waals surface area contributed by atoms with Gasteiger partial charge >= 0.3 is 0 Å². The van der Waals surface area contributed by atoms with Crippen LogP contribution in [0, 0.1) is 13.8 Å². The van der Waals surface area contributed by atoms with E-state index in [4.69, 9.17) is 5.11 Å². The van der Waals surface area contributed by atoms with Crippen molar-refractivity contribution >= 4 is 11.7 Å². The van der Waals surface area contributed by atoms with Gasteiger partial charge in [-0.2, -0.15) is 0 Å². The maximum Gasteiger partial charge on any atom is 0.254 e. The van der Waals surface area contributed by atoms with Gasteiger partial charge in [0.15, 0.2) is 5.78 Å². The van der Waals surface area contributed by atoms with E-state index in [1.54, 1.807) is 24.3 Å². The van der Waals surface area contributed by atoms with Crippen molar-refractivity contribution in [2.45, 2.75) is 20.8 Å². The Hall–Kier alpha value is -2.46. The molecular formula is C20H23NO3. The van der Waals surface area contributed by atoms with Gasteiger partial charge in [0.2, 0.25) is 0 Å². The van der Waals surface area contributed by atoms with Gasteiger partial charge in [-0.05, 0) is 38.5 Å². The minimum absolute atomic E-state index is 0.104. The van der Waals surface area contributed by atoms with Crippen molar-refractivity contribution in [3.8, 4) is 0 Å². The van der Waals surface area contributed by atoms with E-state index < -0.39 is 0 Å². The zero-order valence-electron chi connectivity index (χ0n) is 14.4. The average molecular weight is 325 g/mol. The number of amides is 1. The number of likely N-dealkylation sites (N-methyl/N-ethyl adjacent to an activating group) is 1. The number of benzene rings is 2. The maximum atomic E-state index is 13.0. The van der Waals surface area contributed by atoms with E-state index in [0.717, 1.165) is 11.1 Å². The monoisotopic (exact) mass is 325 g/mol. The summed E-state index contributed by atoms with van der Waals surface area (Å²) in [6.45, 7) is 6.30. The fourth-order valence-corrected chi connectivity index (χ4v) is 2.69. The van der Waals surface area contributed by atoms with E-state index in [1.165, 1.54) is 4.90 Å². The Morgan fingerprint density at radius 1 is 1.00 bits per heavy atom. The second kappa shape index (κ2) is 7.88. The van der Waals surface area contributed by atoms with Crippen LogP contribution in [0.25, 0.3) is 0 Å². The van der Waals surface area contributed by atoms with Crippen molar-refractivity contribution in [3.63, 3.8) is 0 Å². The Kier molecular flexibility index (Phi) is 5.88. The molecule has 1 N–H and O–H groups in total. The molecule has 0 spiro atoms. The highest BCUT2D eigenvalue weighted by atomic mass is 16.3. The molecule has 0 unspecified atom stereocenters. The number of aliphatic hydroxyl groups is 1. The molecule has 0 atom stereocenters. The first kappa shape index (κ1) is 17.9. The van der Waals surface area contributed by atoms with Crippen LogP contribution in [-0.2, 0) is 0 Å². The summed E-state index contributed by atoms with van der Waals surface area (Å²) in [4.78, 5) is 27.3. The molecule has 2 aromatic rings. The molecule has 0 aliphatic rings. The second-order valence-electron chi connectivity index (χ2n) is 5.80. The van der Waals surface area contributed by atoms with Gasteiger partial charge in [-0.1, -0.05) is 35.9 Å². The lowest BCUT2D eigenvalue weighted by molar-refractivity contribution is 0.0728. The van der Waals surface area contributed by atoms with Crippen molar-refractivity contribution < 1.29 is 14.7 Å². The lowest BCUT2D eigenvalue weighted by Crippen LogP contribution is -2.34. The Labute approximate surface area is 142 Å². The topological polar surface area (TPSA) is 57.6 Å². The number of nitrogens with zero attached hydrogens (tertiary/aromatic N) is 1. The molecule has 4 heteroatoms. The third-order valence-corrected chi connectivity index (χ3v) is 4.08. The molecule has 0 fully saturated rings. The van der Waals surface area contributed by atoms with Crippen LogP contribution in [0.1, 0.15) is 44.3 Å². The van der Waals surface area contributed by atoms with Crippen molar-refractivity contribution in [3.05, 3.63) is 70.3 Å². The molecule has 1 amide bonds. The van der Waals surface area contributed by atoms with Crippen molar-refractivity contribution in [2.75, 3.05) is 19.7 Å². The van der Waals surface area contributed by atoms with Crippen molar-refractivity contribution in [1.82, 2.24) is 4.90 Å². The smallest absolute Gasteiger partial charge is 0.254 e. The average Bonchev–Trinajstić information content (AvgIpc) is 2.60. The quantitative estimate of drug-likeness (QED) is 0.831. The molecule has 126 valence electrons. The highest BCUT2D eigenvalue weighted by Gasteiger charge is 2.22. The van der Waals surface area contributed by atoms with Gasteiger partial charge in [-0.15, -0.1) is 0 Å². The van der Waals surface area contributed by atoms with E-state index in [9.17, 15) is 9.59 Å². The molecule has 0 aliphatic carbocycles. The van der Waals surface area contributed by atoms with E-state index in [1.807, 2.05) is 39.0 Å². The van der Waals surface area contributed by atoms with Crippen molar-refractivity contribution in [2.24, 2.45) is 0 Å². The minimum atomic E-state index is -0.235. The van der Waals surface area contributed by atoms with Crippen LogP contribution in [0.5, 0.6) is 0 Å². The summed E-state index contributed by atoms with van der Waals surface area (Å²) in [5, 5.41) is 9.13. The van der Waals surface area contributed by atoms with E-state index in [0.29, 0.717) is 23.2 Å². The summed E-state index contributed by atoms with van der Waals surface area (Å²) in [5.41, 5.74) is 3.27. The lowest BCUT2D eigenvalue weighted by atomic mass is 9.94. The number of hydrogen-bond acceptors (Lipinski definition) is 3. The first-order chi connectivity index (χ1) is 11.5. The normalized spacial score (nSPS) is 10.5. The summed E-state index contributed by atoms with van der Waals surface area (Å²) >= 11 is 0. The summed E-state index contributed by atoms with van der Waals surface area (Å²) in [6.07, 6.45) is 0. The van der Waals surface area contributed by atoms with Gasteiger partial charge in [0.05, 0.1) is 12.2 Å². The molecule has 0 bridgehead atoms. The number of ketones is 1. The number of aryl methyl sites for hydroxylation is 2. The zero-order chi connectivity index (χ0) is 17.7. The molecule has 24 heavy (non-hydrogen) atoms. The second-order valence-corrected chi connectivity index (χ2v) is 5.80. The molecule has 0 aliphatic heterocycles. The van der Waals surface area contributed by atoms with E-state index in [2.05, 4.69) is 0 Å². The fraction of sp³-hybridized carbons (Fsp3) is 0.300. The molecule has 2 rings (SSSR count). The third-order valence-electron chi connectivity index (χ3n) is 4.08. The molecule has 4 nitrogen and oxygen atoms in total. The van der Waals surface area contributed by atoms with Crippen LogP contribution in [0.2, 0.25) is 0 Å². The fourth-order valence-electron chi connectivity index (χ4n) is 2.69. The Morgan fingerprint density at radius 3 is 2.29 bits per heavy atom. The Bertz CT molecular complexity index is 752. The third kappa shape index (κ3) is 3.71. The number of carbonyl (C=O) groups excluding carboxylic acids is 2. The summed E-state index contributed by atoms with van der Waals surface area (Å²) in [7, 11) is 0. The van der Waals surface area contributed by atoms with Gasteiger partial charge in [0.1, 0.15) is 0 Å². The lowest BCUT2D eigenvalue weighted by Gasteiger charge is -2.21. The van der Waals surface area contributed by atoms with Crippen molar-refractivity contribution in [1.29, 1.82) is 0 Å². The Morgan fingerprint density at radius 2 is 1.67 bits per heavy atom. The SMILES string of the molecule is CCN(CCO)C(=O)c1ccccc1C(=O)c1cc(C)ccc1C. The standard InChI is InChI=1S/C20H23NO3/c1-4-21(11-12-22)20(24)17-8-6-5-7-16(17)19(23)18-13-14(2)9-10-15(18)3/h5-10,13,22H,4,11-12H2,1-3H3. The molecule has 0 aromatic heterocycles.